The first-order chi connectivity index (χ1) is 15.2. The number of carbonyl (C=O) groups is 2. The van der Waals surface area contributed by atoms with Gasteiger partial charge >= 0.3 is 0 Å². The molecule has 1 aromatic heterocycles. The molecule has 1 heterocycles. The number of hydrogen-bond donors (Lipinski definition) is 2. The van der Waals surface area contributed by atoms with Crippen molar-refractivity contribution in [3.63, 3.8) is 0 Å². The largest absolute Gasteiger partial charge is 0.355 e. The summed E-state index contributed by atoms with van der Waals surface area (Å²) in [7, 11) is -2.24. The summed E-state index contributed by atoms with van der Waals surface area (Å²) in [6, 6.07) is 16.6. The molecule has 32 heavy (non-hydrogen) atoms. The van der Waals surface area contributed by atoms with Crippen LogP contribution in [0.3, 0.4) is 0 Å². The molecule has 0 spiro atoms. The third kappa shape index (κ3) is 5.24. The molecule has 0 unspecified atom stereocenters. The molecule has 168 valence electrons. The second kappa shape index (κ2) is 10.1. The number of amides is 2. The number of benzene rings is 2. The molecule has 2 N–H and O–H groups in total. The first kappa shape index (κ1) is 23.6. The molecule has 3 aromatic rings. The summed E-state index contributed by atoms with van der Waals surface area (Å²) in [6.07, 6.45) is 0. The Morgan fingerprint density at radius 2 is 1.62 bits per heavy atom. The molecular formula is C23H25N3O4S2. The van der Waals surface area contributed by atoms with Crippen molar-refractivity contribution in [1.29, 1.82) is 0 Å². The normalized spacial score (nSPS) is 11.5. The molecule has 0 saturated heterocycles. The number of hydrogen-bond acceptors (Lipinski definition) is 5. The highest BCUT2D eigenvalue weighted by atomic mass is 32.2. The summed E-state index contributed by atoms with van der Waals surface area (Å²) < 4.78 is 27.9. The molecule has 9 heteroatoms. The van der Waals surface area contributed by atoms with Crippen LogP contribution in [0.15, 0.2) is 70.9 Å². The summed E-state index contributed by atoms with van der Waals surface area (Å²) in [5.41, 5.74) is 1.56. The summed E-state index contributed by atoms with van der Waals surface area (Å²) in [6.45, 7) is 3.91. The SMILES string of the molecule is CNC(=O)c1ccsc1NC(=O)c1ccc(S(=O)(=O)N(Cc2ccccc2)C(C)C)cc1. The van der Waals surface area contributed by atoms with Gasteiger partial charge in [-0.15, -0.1) is 11.3 Å². The zero-order valence-electron chi connectivity index (χ0n) is 18.0. The van der Waals surface area contributed by atoms with Crippen LogP contribution in [0, 0.1) is 0 Å². The Labute approximate surface area is 192 Å². The van der Waals surface area contributed by atoms with E-state index in [2.05, 4.69) is 10.6 Å². The Bertz CT molecular complexity index is 1190. The average molecular weight is 472 g/mol. The van der Waals surface area contributed by atoms with E-state index in [1.807, 2.05) is 44.2 Å². The van der Waals surface area contributed by atoms with E-state index in [9.17, 15) is 18.0 Å². The van der Waals surface area contributed by atoms with E-state index in [4.69, 9.17) is 0 Å². The third-order valence-electron chi connectivity index (χ3n) is 4.84. The zero-order chi connectivity index (χ0) is 23.3. The number of rotatable bonds is 8. The molecule has 0 saturated carbocycles. The Morgan fingerprint density at radius 3 is 2.22 bits per heavy atom. The van der Waals surface area contributed by atoms with E-state index in [1.165, 1.54) is 47.0 Å². The highest BCUT2D eigenvalue weighted by molar-refractivity contribution is 7.89. The van der Waals surface area contributed by atoms with Gasteiger partial charge < -0.3 is 10.6 Å². The zero-order valence-corrected chi connectivity index (χ0v) is 19.7. The van der Waals surface area contributed by atoms with Crippen molar-refractivity contribution < 1.29 is 18.0 Å². The second-order valence-electron chi connectivity index (χ2n) is 7.35. The Balaban J connectivity index is 1.79. The van der Waals surface area contributed by atoms with Crippen LogP contribution >= 0.6 is 11.3 Å². The second-order valence-corrected chi connectivity index (χ2v) is 10.2. The highest BCUT2D eigenvalue weighted by Gasteiger charge is 2.27. The van der Waals surface area contributed by atoms with Crippen molar-refractivity contribution >= 4 is 38.2 Å². The predicted octanol–water partition coefficient (Wildman–Crippen LogP) is 3.96. The van der Waals surface area contributed by atoms with Gasteiger partial charge in [-0.1, -0.05) is 30.3 Å². The van der Waals surface area contributed by atoms with Crippen LogP contribution in [0.2, 0.25) is 0 Å². The summed E-state index contributed by atoms with van der Waals surface area (Å²) >= 11 is 1.24. The fraction of sp³-hybridized carbons (Fsp3) is 0.217. The first-order valence-corrected chi connectivity index (χ1v) is 12.3. The van der Waals surface area contributed by atoms with Gasteiger partial charge in [0, 0.05) is 25.2 Å². The standard InChI is InChI=1S/C23H25N3O4S2/c1-16(2)26(15-17-7-5-4-6-8-17)32(29,30)19-11-9-18(10-12-19)21(27)25-23-20(13-14-31-23)22(28)24-3/h4-14,16H,15H2,1-3H3,(H,24,28)(H,25,27). The lowest BCUT2D eigenvalue weighted by Crippen LogP contribution is -2.36. The molecule has 2 amide bonds. The molecular weight excluding hydrogens is 446 g/mol. The van der Waals surface area contributed by atoms with Crippen molar-refractivity contribution in [2.24, 2.45) is 0 Å². The molecule has 0 aliphatic carbocycles. The summed E-state index contributed by atoms with van der Waals surface area (Å²) in [5, 5.41) is 7.38. The first-order valence-electron chi connectivity index (χ1n) is 10.0. The minimum atomic E-state index is -3.76. The van der Waals surface area contributed by atoms with Crippen LogP contribution in [-0.2, 0) is 16.6 Å². The van der Waals surface area contributed by atoms with E-state index >= 15 is 0 Å². The van der Waals surface area contributed by atoms with Gasteiger partial charge in [0.1, 0.15) is 5.00 Å². The smallest absolute Gasteiger partial charge is 0.256 e. The van der Waals surface area contributed by atoms with Crippen molar-refractivity contribution in [3.05, 3.63) is 82.7 Å². The third-order valence-corrected chi connectivity index (χ3v) is 7.71. The number of carbonyl (C=O) groups excluding carboxylic acids is 2. The van der Waals surface area contributed by atoms with E-state index in [0.29, 0.717) is 16.1 Å². The average Bonchev–Trinajstić information content (AvgIpc) is 3.25. The minimum absolute atomic E-state index is 0.112. The Morgan fingerprint density at radius 1 is 0.969 bits per heavy atom. The van der Waals surface area contributed by atoms with Crippen molar-refractivity contribution in [2.45, 2.75) is 31.3 Å². The van der Waals surface area contributed by atoms with Gasteiger partial charge in [0.25, 0.3) is 11.8 Å². The summed E-state index contributed by atoms with van der Waals surface area (Å²) in [5.74, 6) is -0.721. The topological polar surface area (TPSA) is 95.6 Å². The van der Waals surface area contributed by atoms with Gasteiger partial charge in [-0.3, -0.25) is 9.59 Å². The fourth-order valence-electron chi connectivity index (χ4n) is 3.12. The number of nitrogens with zero attached hydrogens (tertiary/aromatic N) is 1. The van der Waals surface area contributed by atoms with E-state index in [0.717, 1.165) is 5.56 Å². The molecule has 0 aliphatic heterocycles. The van der Waals surface area contributed by atoms with Crippen LogP contribution in [0.5, 0.6) is 0 Å². The van der Waals surface area contributed by atoms with Gasteiger partial charge in [0.15, 0.2) is 0 Å². The molecule has 0 radical (unpaired) electrons. The summed E-state index contributed by atoms with van der Waals surface area (Å²) in [4.78, 5) is 24.6. The maximum atomic E-state index is 13.3. The number of nitrogens with one attached hydrogen (secondary N) is 2. The molecule has 2 aromatic carbocycles. The van der Waals surface area contributed by atoms with Crippen LogP contribution < -0.4 is 10.6 Å². The number of anilines is 1. The maximum absolute atomic E-state index is 13.3. The highest BCUT2D eigenvalue weighted by Crippen LogP contribution is 2.25. The van der Waals surface area contributed by atoms with Crippen LogP contribution in [-0.4, -0.2) is 37.6 Å². The number of thiophene rings is 1. The van der Waals surface area contributed by atoms with E-state index in [1.54, 1.807) is 11.4 Å². The van der Waals surface area contributed by atoms with E-state index in [-0.39, 0.29) is 23.4 Å². The Hall–Kier alpha value is -3.01. The monoisotopic (exact) mass is 471 g/mol. The quantitative estimate of drug-likeness (QED) is 0.520. The van der Waals surface area contributed by atoms with Crippen molar-refractivity contribution in [1.82, 2.24) is 9.62 Å². The molecule has 3 rings (SSSR count). The lowest BCUT2D eigenvalue weighted by molar-refractivity contribution is 0.0964. The van der Waals surface area contributed by atoms with Crippen LogP contribution in [0.4, 0.5) is 5.00 Å². The predicted molar refractivity (Wildman–Crippen MR) is 126 cm³/mol. The number of sulfonamides is 1. The minimum Gasteiger partial charge on any atom is -0.355 e. The van der Waals surface area contributed by atoms with E-state index < -0.39 is 15.9 Å². The van der Waals surface area contributed by atoms with Gasteiger partial charge in [-0.05, 0) is 55.1 Å². The van der Waals surface area contributed by atoms with Crippen molar-refractivity contribution in [2.75, 3.05) is 12.4 Å². The molecule has 0 atom stereocenters. The van der Waals surface area contributed by atoms with Gasteiger partial charge in [-0.25, -0.2) is 8.42 Å². The molecule has 0 bridgehead atoms. The van der Waals surface area contributed by atoms with Gasteiger partial charge in [0.2, 0.25) is 10.0 Å². The maximum Gasteiger partial charge on any atom is 0.256 e. The van der Waals surface area contributed by atoms with Crippen molar-refractivity contribution in [3.8, 4) is 0 Å². The molecule has 0 fully saturated rings. The fourth-order valence-corrected chi connectivity index (χ4v) is 5.52. The van der Waals surface area contributed by atoms with Crippen LogP contribution in [0.25, 0.3) is 0 Å². The van der Waals surface area contributed by atoms with Gasteiger partial charge in [0.05, 0.1) is 10.5 Å². The Kier molecular flexibility index (Phi) is 7.44. The molecule has 0 aliphatic rings. The van der Waals surface area contributed by atoms with Gasteiger partial charge in [-0.2, -0.15) is 4.31 Å². The lowest BCUT2D eigenvalue weighted by Gasteiger charge is -2.26. The molecule has 7 nitrogen and oxygen atoms in total. The lowest BCUT2D eigenvalue weighted by atomic mass is 10.2. The van der Waals surface area contributed by atoms with Crippen LogP contribution in [0.1, 0.15) is 40.1 Å².